The van der Waals surface area contributed by atoms with E-state index in [1.807, 2.05) is 6.92 Å². The monoisotopic (exact) mass is 360 g/mol. The van der Waals surface area contributed by atoms with Crippen LogP contribution in [0.5, 0.6) is 0 Å². The molecule has 3 nitrogen and oxygen atoms in total. The number of aldehydes is 1. The van der Waals surface area contributed by atoms with E-state index >= 15 is 0 Å². The fourth-order valence-electron chi connectivity index (χ4n) is 1.72. The average molecular weight is 361 g/mol. The van der Waals surface area contributed by atoms with Gasteiger partial charge in [0.05, 0.1) is 6.10 Å². The van der Waals surface area contributed by atoms with Crippen molar-refractivity contribution in [3.63, 3.8) is 0 Å². The molecule has 0 saturated carbocycles. The third-order valence-electron chi connectivity index (χ3n) is 5.72. The molecule has 0 aromatic heterocycles. The smallest absolute Gasteiger partial charge is 0.192 e. The van der Waals surface area contributed by atoms with Gasteiger partial charge in [-0.05, 0) is 42.7 Å². The Hall–Kier alpha value is 0.0238. The third-order valence-corrected chi connectivity index (χ3v) is 14.8. The van der Waals surface area contributed by atoms with Crippen LogP contribution in [0.25, 0.3) is 0 Å². The lowest BCUT2D eigenvalue weighted by Gasteiger charge is -2.41. The largest absolute Gasteiger partial charge is 0.417 e. The molecule has 0 aliphatic carbocycles. The molecule has 0 saturated heterocycles. The fraction of sp³-hybridized carbons (Fsp3) is 0.944. The Bertz CT molecular complexity index is 379. The van der Waals surface area contributed by atoms with Crippen molar-refractivity contribution in [3.8, 4) is 0 Å². The number of carbonyl (C=O) groups excluding carboxylic acids is 1. The van der Waals surface area contributed by atoms with E-state index in [9.17, 15) is 4.79 Å². The maximum atomic E-state index is 11.3. The van der Waals surface area contributed by atoms with Gasteiger partial charge in [0.1, 0.15) is 6.29 Å². The van der Waals surface area contributed by atoms with E-state index in [0.717, 1.165) is 12.7 Å². The SMILES string of the molecule is C[C@H](C=O)[C@H](CCO[Si](C)(C)C(C)(C)C)O[Si](C)(C)C(C)(C)C. The molecule has 0 aromatic rings. The minimum Gasteiger partial charge on any atom is -0.417 e. The van der Waals surface area contributed by atoms with Gasteiger partial charge in [-0.2, -0.15) is 0 Å². The Morgan fingerprint density at radius 2 is 1.35 bits per heavy atom. The number of carbonyl (C=O) groups is 1. The summed E-state index contributed by atoms with van der Waals surface area (Å²) < 4.78 is 12.8. The van der Waals surface area contributed by atoms with Crippen molar-refractivity contribution in [2.45, 2.75) is 97.3 Å². The van der Waals surface area contributed by atoms with Crippen LogP contribution in [0.2, 0.25) is 36.3 Å². The van der Waals surface area contributed by atoms with E-state index in [1.54, 1.807) is 0 Å². The van der Waals surface area contributed by atoms with E-state index in [1.165, 1.54) is 0 Å². The van der Waals surface area contributed by atoms with Crippen LogP contribution in [-0.4, -0.2) is 35.6 Å². The maximum Gasteiger partial charge on any atom is 0.192 e. The van der Waals surface area contributed by atoms with E-state index in [4.69, 9.17) is 8.85 Å². The number of rotatable bonds is 8. The topological polar surface area (TPSA) is 35.5 Å². The molecule has 0 amide bonds. The first-order chi connectivity index (χ1) is 10.0. The molecule has 0 radical (unpaired) electrons. The van der Waals surface area contributed by atoms with Crippen LogP contribution in [0.15, 0.2) is 0 Å². The molecule has 0 bridgehead atoms. The van der Waals surface area contributed by atoms with Crippen molar-refractivity contribution < 1.29 is 13.6 Å². The van der Waals surface area contributed by atoms with Crippen LogP contribution in [0, 0.1) is 5.92 Å². The molecule has 0 heterocycles. The van der Waals surface area contributed by atoms with Gasteiger partial charge in [0.25, 0.3) is 0 Å². The summed E-state index contributed by atoms with van der Waals surface area (Å²) in [6.07, 6.45) is 1.77. The zero-order valence-corrected chi connectivity index (χ0v) is 19.4. The second kappa shape index (κ2) is 7.94. The summed E-state index contributed by atoms with van der Waals surface area (Å²) in [5, 5.41) is 0.354. The Labute approximate surface area is 146 Å². The molecule has 0 N–H and O–H groups in total. The second-order valence-electron chi connectivity index (χ2n) is 9.81. The fourth-order valence-corrected chi connectivity index (χ4v) is 4.22. The summed E-state index contributed by atoms with van der Waals surface area (Å²) in [5.74, 6) is -0.0906. The number of hydrogen-bond acceptors (Lipinski definition) is 3. The van der Waals surface area contributed by atoms with Gasteiger partial charge in [-0.3, -0.25) is 0 Å². The Kier molecular flexibility index (Phi) is 7.94. The lowest BCUT2D eigenvalue weighted by atomic mass is 10.0. The molecule has 138 valence electrons. The van der Waals surface area contributed by atoms with Gasteiger partial charge in [-0.15, -0.1) is 0 Å². The van der Waals surface area contributed by atoms with Crippen molar-refractivity contribution >= 4 is 22.9 Å². The van der Waals surface area contributed by atoms with Crippen LogP contribution in [0.4, 0.5) is 0 Å². The minimum absolute atomic E-state index is 0.0434. The van der Waals surface area contributed by atoms with Gasteiger partial charge in [0.2, 0.25) is 0 Å². The number of hydrogen-bond donors (Lipinski definition) is 0. The second-order valence-corrected chi connectivity index (χ2v) is 19.4. The van der Waals surface area contributed by atoms with Gasteiger partial charge >= 0.3 is 0 Å². The Morgan fingerprint density at radius 3 is 1.70 bits per heavy atom. The van der Waals surface area contributed by atoms with Crippen LogP contribution in [0.3, 0.4) is 0 Å². The first kappa shape index (κ1) is 23.0. The molecular formula is C18H40O3Si2. The van der Waals surface area contributed by atoms with Gasteiger partial charge in [-0.1, -0.05) is 48.5 Å². The van der Waals surface area contributed by atoms with Gasteiger partial charge in [0, 0.05) is 12.5 Å². The molecule has 0 spiro atoms. The maximum absolute atomic E-state index is 11.3. The molecule has 0 aliphatic heterocycles. The van der Waals surface area contributed by atoms with E-state index in [0.29, 0.717) is 6.61 Å². The van der Waals surface area contributed by atoms with Crippen molar-refractivity contribution in [2.75, 3.05) is 6.61 Å². The lowest BCUT2D eigenvalue weighted by molar-refractivity contribution is -0.113. The zero-order valence-electron chi connectivity index (χ0n) is 17.4. The predicted molar refractivity (Wildman–Crippen MR) is 105 cm³/mol. The average Bonchev–Trinajstić information content (AvgIpc) is 2.33. The first-order valence-electron chi connectivity index (χ1n) is 8.82. The molecule has 2 atom stereocenters. The predicted octanol–water partition coefficient (Wildman–Crippen LogP) is 5.62. The highest BCUT2D eigenvalue weighted by Crippen LogP contribution is 2.39. The van der Waals surface area contributed by atoms with E-state index < -0.39 is 16.6 Å². The third kappa shape index (κ3) is 6.80. The van der Waals surface area contributed by atoms with Crippen molar-refractivity contribution in [2.24, 2.45) is 5.92 Å². The molecular weight excluding hydrogens is 320 g/mol. The van der Waals surface area contributed by atoms with E-state index in [-0.39, 0.29) is 22.1 Å². The molecule has 5 heteroatoms. The van der Waals surface area contributed by atoms with Crippen molar-refractivity contribution in [1.29, 1.82) is 0 Å². The summed E-state index contributed by atoms with van der Waals surface area (Å²) in [7, 11) is -3.63. The zero-order chi connectivity index (χ0) is 18.7. The highest BCUT2D eigenvalue weighted by atomic mass is 28.4. The Balaban J connectivity index is 4.88. The summed E-state index contributed by atoms with van der Waals surface area (Å²) in [5.41, 5.74) is 0. The first-order valence-corrected chi connectivity index (χ1v) is 14.6. The summed E-state index contributed by atoms with van der Waals surface area (Å²) in [6, 6.07) is 0. The minimum atomic E-state index is -1.88. The summed E-state index contributed by atoms with van der Waals surface area (Å²) in [6.45, 7) is 25.1. The molecule has 23 heavy (non-hydrogen) atoms. The van der Waals surface area contributed by atoms with E-state index in [2.05, 4.69) is 67.7 Å². The van der Waals surface area contributed by atoms with Gasteiger partial charge in [-0.25, -0.2) is 0 Å². The molecule has 0 unspecified atom stereocenters. The van der Waals surface area contributed by atoms with Crippen LogP contribution in [0.1, 0.15) is 54.9 Å². The standard InChI is InChI=1S/C18H40O3Si2/c1-15(14-19)16(21-23(10,11)18(5,6)7)12-13-20-22(8,9)17(2,3)4/h14-16H,12-13H2,1-11H3/t15-,16+/m1/s1. The van der Waals surface area contributed by atoms with Gasteiger partial charge in [0.15, 0.2) is 16.6 Å². The van der Waals surface area contributed by atoms with Crippen LogP contribution >= 0.6 is 0 Å². The molecule has 0 rings (SSSR count). The lowest BCUT2D eigenvalue weighted by Crippen LogP contribution is -2.46. The van der Waals surface area contributed by atoms with Crippen LogP contribution < -0.4 is 0 Å². The summed E-state index contributed by atoms with van der Waals surface area (Å²) >= 11 is 0. The van der Waals surface area contributed by atoms with Crippen LogP contribution in [-0.2, 0) is 13.6 Å². The molecule has 0 fully saturated rings. The highest BCUT2D eigenvalue weighted by molar-refractivity contribution is 6.74. The normalized spacial score (nSPS) is 17.0. The highest BCUT2D eigenvalue weighted by Gasteiger charge is 2.41. The van der Waals surface area contributed by atoms with Crippen molar-refractivity contribution in [1.82, 2.24) is 0 Å². The quantitative estimate of drug-likeness (QED) is 0.416. The molecule has 0 aromatic carbocycles. The van der Waals surface area contributed by atoms with Gasteiger partial charge < -0.3 is 13.6 Å². The summed E-state index contributed by atoms with van der Waals surface area (Å²) in [4.78, 5) is 11.3. The van der Waals surface area contributed by atoms with Crippen molar-refractivity contribution in [3.05, 3.63) is 0 Å². The Morgan fingerprint density at radius 1 is 0.913 bits per heavy atom. The molecule has 0 aliphatic rings.